The quantitative estimate of drug-likeness (QED) is 0.743. The van der Waals surface area contributed by atoms with E-state index < -0.39 is 0 Å². The molecule has 0 unspecified atom stereocenters. The largest absolute Gasteiger partial charge is 0.508 e. The molecule has 2 heterocycles. The topological polar surface area (TPSA) is 49.2 Å². The summed E-state index contributed by atoms with van der Waals surface area (Å²) in [5.74, 6) is 0.299. The fraction of sp³-hybridized carbons (Fsp3) is 0.176. The maximum Gasteiger partial charge on any atom is 0.115 e. The zero-order valence-corrected chi connectivity index (χ0v) is 13.0. The summed E-state index contributed by atoms with van der Waals surface area (Å²) in [6, 6.07) is 13.6. The second-order valence-corrected chi connectivity index (χ2v) is 5.38. The molecule has 4 rings (SSSR count). The van der Waals surface area contributed by atoms with Gasteiger partial charge in [0.15, 0.2) is 0 Å². The van der Waals surface area contributed by atoms with Gasteiger partial charge >= 0.3 is 0 Å². The number of aromatic nitrogens is 2. The van der Waals surface area contributed by atoms with Crippen molar-refractivity contribution in [1.82, 2.24) is 10.2 Å². The average Bonchev–Trinajstić information content (AvgIpc) is 2.91. The molecule has 0 saturated heterocycles. The van der Waals surface area contributed by atoms with Crippen LogP contribution in [-0.4, -0.2) is 21.8 Å². The average molecular weight is 314 g/mol. The number of nitrogens with zero attached hydrogens (tertiary/aromatic N) is 3. The zero-order chi connectivity index (χ0) is 14.4. The van der Waals surface area contributed by atoms with Crippen LogP contribution in [0, 0.1) is 6.92 Å². The molecule has 0 aliphatic carbocycles. The van der Waals surface area contributed by atoms with Crippen molar-refractivity contribution in [2.75, 3.05) is 11.4 Å². The van der Waals surface area contributed by atoms with Crippen molar-refractivity contribution < 1.29 is 5.11 Å². The van der Waals surface area contributed by atoms with Crippen molar-refractivity contribution in [2.24, 2.45) is 0 Å². The number of phenols is 1. The second-order valence-electron chi connectivity index (χ2n) is 5.38. The van der Waals surface area contributed by atoms with Gasteiger partial charge < -0.3 is 10.0 Å². The highest BCUT2D eigenvalue weighted by Gasteiger charge is 2.25. The molecule has 0 fully saturated rings. The fourth-order valence-corrected chi connectivity index (χ4v) is 3.06. The van der Waals surface area contributed by atoms with E-state index in [9.17, 15) is 5.11 Å². The highest BCUT2D eigenvalue weighted by atomic mass is 35.5. The summed E-state index contributed by atoms with van der Waals surface area (Å²) < 4.78 is 0. The number of aromatic hydroxyl groups is 1. The smallest absolute Gasteiger partial charge is 0.115 e. The molecular weight excluding hydrogens is 298 g/mol. The van der Waals surface area contributed by atoms with Gasteiger partial charge in [-0.2, -0.15) is 10.2 Å². The number of fused-ring (bicyclic) bond motifs is 3. The molecule has 3 aromatic rings. The molecule has 0 saturated carbocycles. The first-order chi connectivity index (χ1) is 10.2. The van der Waals surface area contributed by atoms with Gasteiger partial charge in [-0.3, -0.25) is 0 Å². The van der Waals surface area contributed by atoms with Crippen LogP contribution in [0.25, 0.3) is 10.9 Å². The second kappa shape index (κ2) is 5.46. The Kier molecular flexibility index (Phi) is 3.62. The fourth-order valence-electron chi connectivity index (χ4n) is 3.06. The number of halogens is 1. The van der Waals surface area contributed by atoms with E-state index in [1.165, 1.54) is 0 Å². The summed E-state index contributed by atoms with van der Waals surface area (Å²) in [7, 11) is 0. The van der Waals surface area contributed by atoms with Gasteiger partial charge in [0.2, 0.25) is 0 Å². The lowest BCUT2D eigenvalue weighted by Gasteiger charge is -2.22. The number of phenolic OH excluding ortho intramolecular Hbond substituents is 1. The Morgan fingerprint density at radius 1 is 1.09 bits per heavy atom. The molecule has 4 nitrogen and oxygen atoms in total. The van der Waals surface area contributed by atoms with Crippen LogP contribution in [0.1, 0.15) is 11.3 Å². The highest BCUT2D eigenvalue weighted by Crippen LogP contribution is 2.39. The van der Waals surface area contributed by atoms with E-state index in [0.717, 1.165) is 46.5 Å². The normalized spacial score (nSPS) is 13.0. The molecule has 0 amide bonds. The van der Waals surface area contributed by atoms with E-state index in [2.05, 4.69) is 21.2 Å². The Hall–Kier alpha value is -2.33. The van der Waals surface area contributed by atoms with Gasteiger partial charge in [0.1, 0.15) is 5.75 Å². The molecule has 22 heavy (non-hydrogen) atoms. The number of aryl methyl sites for hydroxylation is 1. The van der Waals surface area contributed by atoms with Gasteiger partial charge in [0, 0.05) is 24.0 Å². The SMILES string of the molecule is Cc1cc(O)ccc1N1CCc2nnc3ccccc3c21.Cl. The Balaban J connectivity index is 0.00000144. The Morgan fingerprint density at radius 3 is 2.73 bits per heavy atom. The molecule has 2 aromatic carbocycles. The Morgan fingerprint density at radius 2 is 1.91 bits per heavy atom. The third-order valence-corrected chi connectivity index (χ3v) is 4.02. The van der Waals surface area contributed by atoms with Gasteiger partial charge in [0.05, 0.1) is 16.9 Å². The zero-order valence-electron chi connectivity index (χ0n) is 12.2. The third kappa shape index (κ3) is 2.16. The minimum atomic E-state index is 0. The van der Waals surface area contributed by atoms with Crippen molar-refractivity contribution in [3.05, 3.63) is 53.7 Å². The number of benzene rings is 2. The number of anilines is 2. The standard InChI is InChI=1S/C17H15N3O.ClH/c1-11-10-12(21)6-7-16(11)20-9-8-15-17(20)13-4-2-3-5-14(13)18-19-15;/h2-7,10,21H,8-9H2,1H3;1H. The summed E-state index contributed by atoms with van der Waals surface area (Å²) in [6.45, 7) is 2.91. The third-order valence-electron chi connectivity index (χ3n) is 4.02. The van der Waals surface area contributed by atoms with Crippen molar-refractivity contribution in [3.8, 4) is 5.75 Å². The predicted molar refractivity (Wildman–Crippen MR) is 90.3 cm³/mol. The van der Waals surface area contributed by atoms with Gasteiger partial charge in [-0.05, 0) is 36.8 Å². The van der Waals surface area contributed by atoms with Gasteiger partial charge in [-0.15, -0.1) is 12.4 Å². The van der Waals surface area contributed by atoms with Crippen LogP contribution in [0.15, 0.2) is 42.5 Å². The van der Waals surface area contributed by atoms with Crippen LogP contribution < -0.4 is 4.90 Å². The van der Waals surface area contributed by atoms with Crippen molar-refractivity contribution >= 4 is 34.7 Å². The van der Waals surface area contributed by atoms with Gasteiger partial charge in [0.25, 0.3) is 0 Å². The van der Waals surface area contributed by atoms with E-state index in [-0.39, 0.29) is 12.4 Å². The first kappa shape index (κ1) is 14.6. The summed E-state index contributed by atoms with van der Waals surface area (Å²) in [6.07, 6.45) is 0.896. The van der Waals surface area contributed by atoms with Crippen molar-refractivity contribution in [1.29, 1.82) is 0 Å². The minimum Gasteiger partial charge on any atom is -0.508 e. The molecular formula is C17H16ClN3O. The van der Waals surface area contributed by atoms with E-state index >= 15 is 0 Å². The van der Waals surface area contributed by atoms with E-state index in [4.69, 9.17) is 0 Å². The minimum absolute atomic E-state index is 0. The molecule has 0 bridgehead atoms. The van der Waals surface area contributed by atoms with Crippen LogP contribution in [-0.2, 0) is 6.42 Å². The van der Waals surface area contributed by atoms with Crippen LogP contribution >= 0.6 is 12.4 Å². The summed E-state index contributed by atoms with van der Waals surface area (Å²) in [5.41, 5.74) is 5.28. The molecule has 5 heteroatoms. The van der Waals surface area contributed by atoms with Crippen LogP contribution in [0.3, 0.4) is 0 Å². The van der Waals surface area contributed by atoms with Crippen molar-refractivity contribution in [3.63, 3.8) is 0 Å². The summed E-state index contributed by atoms with van der Waals surface area (Å²) in [4.78, 5) is 2.28. The molecule has 112 valence electrons. The first-order valence-electron chi connectivity index (χ1n) is 7.05. The molecule has 1 aliphatic heterocycles. The molecule has 0 radical (unpaired) electrons. The summed E-state index contributed by atoms with van der Waals surface area (Å²) in [5, 5.41) is 19.4. The van der Waals surface area contributed by atoms with Crippen molar-refractivity contribution in [2.45, 2.75) is 13.3 Å². The maximum absolute atomic E-state index is 9.61. The maximum atomic E-state index is 9.61. The summed E-state index contributed by atoms with van der Waals surface area (Å²) >= 11 is 0. The molecule has 1 aliphatic rings. The number of hydrogen-bond donors (Lipinski definition) is 1. The monoisotopic (exact) mass is 313 g/mol. The first-order valence-corrected chi connectivity index (χ1v) is 7.05. The number of hydrogen-bond acceptors (Lipinski definition) is 4. The Bertz CT molecular complexity index is 850. The van der Waals surface area contributed by atoms with E-state index in [0.29, 0.717) is 5.75 Å². The van der Waals surface area contributed by atoms with E-state index in [1.54, 1.807) is 12.1 Å². The van der Waals surface area contributed by atoms with Gasteiger partial charge in [-0.1, -0.05) is 18.2 Å². The van der Waals surface area contributed by atoms with Crippen LogP contribution in [0.2, 0.25) is 0 Å². The number of rotatable bonds is 1. The predicted octanol–water partition coefficient (Wildman–Crippen LogP) is 3.76. The van der Waals surface area contributed by atoms with Crippen LogP contribution in [0.4, 0.5) is 11.4 Å². The molecule has 1 aromatic heterocycles. The Labute approximate surface area is 134 Å². The lowest BCUT2D eigenvalue weighted by Crippen LogP contribution is -2.14. The lowest BCUT2D eigenvalue weighted by molar-refractivity contribution is 0.475. The lowest BCUT2D eigenvalue weighted by atomic mass is 10.1. The molecule has 1 N–H and O–H groups in total. The van der Waals surface area contributed by atoms with Crippen LogP contribution in [0.5, 0.6) is 5.75 Å². The molecule has 0 atom stereocenters. The molecule has 0 spiro atoms. The highest BCUT2D eigenvalue weighted by molar-refractivity contribution is 5.96. The van der Waals surface area contributed by atoms with E-state index in [1.807, 2.05) is 31.2 Å². The van der Waals surface area contributed by atoms with Gasteiger partial charge in [-0.25, -0.2) is 0 Å².